The molecule has 0 aliphatic carbocycles. The quantitative estimate of drug-likeness (QED) is 0.0522. The number of quaternary nitrogens is 8. The summed E-state index contributed by atoms with van der Waals surface area (Å²) in [4.78, 5) is 6.67. The van der Waals surface area contributed by atoms with Gasteiger partial charge in [-0.1, -0.05) is 0 Å². The van der Waals surface area contributed by atoms with E-state index in [1.165, 1.54) is 242 Å². The first-order chi connectivity index (χ1) is 28.0. The van der Waals surface area contributed by atoms with Crippen LogP contribution in [0.3, 0.4) is 0 Å². The van der Waals surface area contributed by atoms with Crippen LogP contribution in [0.25, 0.3) is 0 Å². The van der Waals surface area contributed by atoms with E-state index in [1.807, 2.05) is 0 Å². The van der Waals surface area contributed by atoms with Crippen molar-refractivity contribution in [3.8, 4) is 0 Å². The van der Waals surface area contributed by atoms with Crippen molar-refractivity contribution in [1.29, 1.82) is 0 Å². The van der Waals surface area contributed by atoms with Crippen molar-refractivity contribution in [1.82, 2.24) is 0 Å². The number of nitrogens with zero attached hydrogens (tertiary/aromatic N) is 4. The highest BCUT2D eigenvalue weighted by molar-refractivity contribution is 4.49. The van der Waals surface area contributed by atoms with Gasteiger partial charge in [0, 0.05) is 0 Å². The van der Waals surface area contributed by atoms with Crippen LogP contribution in [0.2, 0.25) is 0 Å². The van der Waals surface area contributed by atoms with Gasteiger partial charge in [-0.05, 0) is 154 Å². The van der Waals surface area contributed by atoms with Gasteiger partial charge in [0.2, 0.25) is 0 Å². The third-order valence-corrected chi connectivity index (χ3v) is 13.0. The molecule has 0 aliphatic rings. The molecule has 0 heterocycles. The maximum Gasteiger partial charge on any atom is 0.0782 e. The summed E-state index contributed by atoms with van der Waals surface area (Å²) in [6.07, 6.45) is 33.8. The number of hydrogen-bond acceptors (Lipinski definition) is 0. The molecular formula is C52H124N8+8. The standard InChI is InChI=1S/C28H66N4.C24H54N4/c1-29(2,3)23-17-11-13-19-25-31(7,8)27-21-15-16-22-28-32(9,10)26-20-14-12-18-24-30(4,5)6;1-25(2)19-13-7-9-15-21-27(5)23-17-11-12-18-24-28(6)22-16-10-8-14-20-26(3)4/h11-28H2,1-10H3;7-24H2,1-6H3/q+4;/p+4. The maximum atomic E-state index is 2.44. The van der Waals surface area contributed by atoms with Crippen LogP contribution in [0, 0.1) is 0 Å². The Balaban J connectivity index is 0. The van der Waals surface area contributed by atoms with Crippen molar-refractivity contribution in [3.05, 3.63) is 0 Å². The topological polar surface area (TPSA) is 17.8 Å². The van der Waals surface area contributed by atoms with E-state index in [1.54, 1.807) is 19.6 Å². The molecule has 364 valence electrons. The number of hydrogen-bond donors (Lipinski definition) is 4. The summed E-state index contributed by atoms with van der Waals surface area (Å²) >= 11 is 0. The van der Waals surface area contributed by atoms with Crippen LogP contribution in [0.5, 0.6) is 0 Å². The van der Waals surface area contributed by atoms with Crippen molar-refractivity contribution in [2.75, 3.05) is 191 Å². The summed E-state index contributed by atoms with van der Waals surface area (Å²) in [5.41, 5.74) is 0. The number of unbranched alkanes of at least 4 members (excludes halogenated alkanes) is 18. The molecule has 4 N–H and O–H groups in total. The molecule has 0 aromatic carbocycles. The van der Waals surface area contributed by atoms with Crippen LogP contribution in [-0.4, -0.2) is 209 Å². The minimum absolute atomic E-state index is 1.11. The molecule has 2 unspecified atom stereocenters. The fourth-order valence-corrected chi connectivity index (χ4v) is 8.59. The van der Waals surface area contributed by atoms with Gasteiger partial charge in [-0.2, -0.15) is 0 Å². The lowest BCUT2D eigenvalue weighted by atomic mass is 10.1. The zero-order valence-electron chi connectivity index (χ0n) is 45.2. The molecule has 0 aliphatic heterocycles. The Kier molecular flexibility index (Phi) is 39.1. The van der Waals surface area contributed by atoms with Crippen LogP contribution < -0.4 is 19.6 Å². The van der Waals surface area contributed by atoms with E-state index >= 15 is 0 Å². The first-order valence-corrected chi connectivity index (χ1v) is 26.5. The zero-order chi connectivity index (χ0) is 45.8. The van der Waals surface area contributed by atoms with Gasteiger partial charge in [-0.3, -0.25) is 0 Å². The third kappa shape index (κ3) is 52.0. The Labute approximate surface area is 381 Å². The molecule has 0 saturated carbocycles. The molecule has 0 spiro atoms. The van der Waals surface area contributed by atoms with Crippen molar-refractivity contribution >= 4 is 0 Å². The van der Waals surface area contributed by atoms with Gasteiger partial charge in [-0.25, -0.2) is 0 Å². The van der Waals surface area contributed by atoms with E-state index in [0.717, 1.165) is 8.97 Å². The molecule has 0 radical (unpaired) electrons. The largest absolute Gasteiger partial charge is 0.340 e. The fraction of sp³-hybridized carbons (Fsp3) is 1.00. The van der Waals surface area contributed by atoms with Gasteiger partial charge in [0.15, 0.2) is 0 Å². The summed E-state index contributed by atoms with van der Waals surface area (Å²) < 4.78 is 4.64. The lowest BCUT2D eigenvalue weighted by Crippen LogP contribution is -3.09. The Morgan fingerprint density at radius 1 is 0.217 bits per heavy atom. The van der Waals surface area contributed by atoms with Crippen molar-refractivity contribution in [2.45, 2.75) is 154 Å². The van der Waals surface area contributed by atoms with Crippen molar-refractivity contribution in [2.24, 2.45) is 0 Å². The first kappa shape index (κ1) is 61.8. The summed E-state index contributed by atoms with van der Waals surface area (Å²) in [6, 6.07) is 0. The summed E-state index contributed by atoms with van der Waals surface area (Å²) in [7, 11) is 37.4. The third-order valence-electron chi connectivity index (χ3n) is 13.0. The van der Waals surface area contributed by atoms with Crippen LogP contribution in [0.1, 0.15) is 154 Å². The van der Waals surface area contributed by atoms with Gasteiger partial charge < -0.3 is 37.5 Å². The molecule has 0 bridgehead atoms. The molecule has 0 fully saturated rings. The predicted octanol–water partition coefficient (Wildman–Crippen LogP) is 4.22. The molecule has 0 aromatic heterocycles. The molecule has 0 saturated heterocycles. The average molecular weight is 862 g/mol. The highest BCUT2D eigenvalue weighted by Gasteiger charge is 2.16. The van der Waals surface area contributed by atoms with Crippen molar-refractivity contribution < 1.29 is 37.5 Å². The first-order valence-electron chi connectivity index (χ1n) is 26.5. The van der Waals surface area contributed by atoms with Gasteiger partial charge in [0.25, 0.3) is 0 Å². The smallest absolute Gasteiger partial charge is 0.0782 e. The maximum absolute atomic E-state index is 2.44. The summed E-state index contributed by atoms with van der Waals surface area (Å²) in [6.45, 7) is 16.2. The molecule has 2 atom stereocenters. The highest BCUT2D eigenvalue weighted by atomic mass is 15.3. The van der Waals surface area contributed by atoms with Gasteiger partial charge in [-0.15, -0.1) is 0 Å². The molecule has 0 aromatic rings. The second-order valence-corrected chi connectivity index (χ2v) is 24.1. The average Bonchev–Trinajstić information content (AvgIpc) is 3.12. The van der Waals surface area contributed by atoms with Crippen LogP contribution in [0.15, 0.2) is 0 Å². The Bertz CT molecular complexity index is 819. The minimum atomic E-state index is 1.11. The normalized spacial score (nSPS) is 13.9. The van der Waals surface area contributed by atoms with E-state index in [9.17, 15) is 0 Å². The SMILES string of the molecule is C[N+](C)(C)CCCCCC[N+](C)(C)CCCCCC[N+](C)(C)CCCCCC[N+](C)(C)C.C[NH+](C)CCCCCC[NH+](C)CCCCCC[NH+](C)CCCCCC[NH+](C)C. The molecule has 8 heteroatoms. The molecule has 8 nitrogen and oxygen atoms in total. The van der Waals surface area contributed by atoms with Gasteiger partial charge in [0.1, 0.15) is 0 Å². The monoisotopic (exact) mass is 861 g/mol. The Morgan fingerprint density at radius 2 is 0.400 bits per heavy atom. The van der Waals surface area contributed by atoms with Crippen LogP contribution >= 0.6 is 0 Å². The molecular weight excluding hydrogens is 737 g/mol. The second-order valence-electron chi connectivity index (χ2n) is 24.1. The van der Waals surface area contributed by atoms with Gasteiger partial charge >= 0.3 is 0 Å². The summed E-state index contributed by atoms with van der Waals surface area (Å²) in [5.74, 6) is 0. The molecule has 0 rings (SSSR count). The van der Waals surface area contributed by atoms with Crippen molar-refractivity contribution in [3.63, 3.8) is 0 Å². The summed E-state index contributed by atoms with van der Waals surface area (Å²) in [5, 5.41) is 0. The van der Waals surface area contributed by atoms with E-state index < -0.39 is 0 Å². The molecule has 0 amide bonds. The Morgan fingerprint density at radius 3 is 0.600 bits per heavy atom. The molecule has 60 heavy (non-hydrogen) atoms. The highest BCUT2D eigenvalue weighted by Crippen LogP contribution is 2.13. The minimum Gasteiger partial charge on any atom is -0.340 e. The zero-order valence-corrected chi connectivity index (χ0v) is 45.2. The fourth-order valence-electron chi connectivity index (χ4n) is 8.59. The lowest BCUT2D eigenvalue weighted by Gasteiger charge is -2.31. The van der Waals surface area contributed by atoms with E-state index in [2.05, 4.69) is 113 Å². The predicted molar refractivity (Wildman–Crippen MR) is 269 cm³/mol. The van der Waals surface area contributed by atoms with Crippen LogP contribution in [-0.2, 0) is 0 Å². The van der Waals surface area contributed by atoms with E-state index in [-0.39, 0.29) is 0 Å². The van der Waals surface area contributed by atoms with E-state index in [4.69, 9.17) is 0 Å². The Hall–Kier alpha value is -0.320. The van der Waals surface area contributed by atoms with Crippen LogP contribution in [0.4, 0.5) is 0 Å². The number of nitrogens with one attached hydrogen (secondary N) is 4. The van der Waals surface area contributed by atoms with E-state index in [0.29, 0.717) is 0 Å². The lowest BCUT2D eigenvalue weighted by molar-refractivity contribution is -0.891. The number of rotatable bonds is 42. The second kappa shape index (κ2) is 38.0. The van der Waals surface area contributed by atoms with Gasteiger partial charge in [0.05, 0.1) is 191 Å².